The van der Waals surface area contributed by atoms with Crippen LogP contribution in [0.25, 0.3) is 11.4 Å². The van der Waals surface area contributed by atoms with Gasteiger partial charge in [0.25, 0.3) is 5.91 Å². The minimum atomic E-state index is -0.166. The first kappa shape index (κ1) is 20.2. The number of rotatable bonds is 7. The number of likely N-dealkylation sites (N-methyl/N-ethyl adjacent to an activating group) is 1. The molecule has 0 unspecified atom stereocenters. The average molecular weight is 383 g/mol. The van der Waals surface area contributed by atoms with Crippen molar-refractivity contribution in [3.8, 4) is 11.4 Å². The molecule has 7 nitrogen and oxygen atoms in total. The van der Waals surface area contributed by atoms with E-state index in [-0.39, 0.29) is 5.91 Å². The first-order valence-electron chi connectivity index (χ1n) is 9.81. The summed E-state index contributed by atoms with van der Waals surface area (Å²) in [6.07, 6.45) is 1.64. The SMILES string of the molecule is CCN1CCN(c2nc(-c3ccc(C)cc3)ncc2C(=O)NCCOC)CC1. The Bertz CT molecular complexity index is 786. The van der Waals surface area contributed by atoms with E-state index in [1.54, 1.807) is 13.3 Å². The smallest absolute Gasteiger partial charge is 0.256 e. The highest BCUT2D eigenvalue weighted by Gasteiger charge is 2.23. The summed E-state index contributed by atoms with van der Waals surface area (Å²) in [4.78, 5) is 26.6. The predicted octanol–water partition coefficient (Wildman–Crippen LogP) is 1.97. The molecule has 1 aromatic carbocycles. The molecule has 0 bridgehead atoms. The molecule has 3 rings (SSSR count). The van der Waals surface area contributed by atoms with Gasteiger partial charge < -0.3 is 19.9 Å². The molecule has 0 atom stereocenters. The Labute approximate surface area is 166 Å². The summed E-state index contributed by atoms with van der Waals surface area (Å²) in [6.45, 7) is 9.80. The quantitative estimate of drug-likeness (QED) is 0.737. The summed E-state index contributed by atoms with van der Waals surface area (Å²) in [7, 11) is 1.62. The molecule has 1 saturated heterocycles. The summed E-state index contributed by atoms with van der Waals surface area (Å²) in [5, 5.41) is 2.88. The van der Waals surface area contributed by atoms with E-state index in [2.05, 4.69) is 33.9 Å². The van der Waals surface area contributed by atoms with Gasteiger partial charge in [-0.3, -0.25) is 4.79 Å². The Morgan fingerprint density at radius 3 is 2.54 bits per heavy atom. The van der Waals surface area contributed by atoms with Crippen LogP contribution in [0.1, 0.15) is 22.8 Å². The number of anilines is 1. The van der Waals surface area contributed by atoms with Gasteiger partial charge in [-0.2, -0.15) is 0 Å². The second-order valence-electron chi connectivity index (χ2n) is 6.97. The molecule has 1 aromatic heterocycles. The van der Waals surface area contributed by atoms with Crippen molar-refractivity contribution >= 4 is 11.7 Å². The number of aromatic nitrogens is 2. The average Bonchev–Trinajstić information content (AvgIpc) is 2.74. The van der Waals surface area contributed by atoms with Crippen LogP contribution in [-0.4, -0.2) is 73.8 Å². The van der Waals surface area contributed by atoms with Crippen LogP contribution in [-0.2, 0) is 4.74 Å². The third-order valence-electron chi connectivity index (χ3n) is 5.03. The Morgan fingerprint density at radius 2 is 1.89 bits per heavy atom. The number of hydrogen-bond acceptors (Lipinski definition) is 6. The highest BCUT2D eigenvalue weighted by atomic mass is 16.5. The van der Waals surface area contributed by atoms with Crippen molar-refractivity contribution < 1.29 is 9.53 Å². The molecule has 0 saturated carbocycles. The number of carbonyl (C=O) groups is 1. The van der Waals surface area contributed by atoms with Crippen molar-refractivity contribution in [2.45, 2.75) is 13.8 Å². The molecule has 1 aliphatic heterocycles. The number of carbonyl (C=O) groups excluding carboxylic acids is 1. The Kier molecular flexibility index (Phi) is 6.95. The summed E-state index contributed by atoms with van der Waals surface area (Å²) >= 11 is 0. The van der Waals surface area contributed by atoms with Crippen molar-refractivity contribution in [3.63, 3.8) is 0 Å². The molecule has 1 amide bonds. The molecule has 7 heteroatoms. The van der Waals surface area contributed by atoms with Gasteiger partial charge in [0.1, 0.15) is 11.4 Å². The molecule has 0 spiro atoms. The fourth-order valence-corrected chi connectivity index (χ4v) is 3.25. The van der Waals surface area contributed by atoms with E-state index in [0.717, 1.165) is 38.3 Å². The van der Waals surface area contributed by atoms with Crippen LogP contribution < -0.4 is 10.2 Å². The lowest BCUT2D eigenvalue weighted by Gasteiger charge is -2.35. The molecule has 0 aliphatic carbocycles. The topological polar surface area (TPSA) is 70.6 Å². The highest BCUT2D eigenvalue weighted by molar-refractivity contribution is 5.99. The van der Waals surface area contributed by atoms with E-state index in [0.29, 0.717) is 30.4 Å². The number of nitrogens with one attached hydrogen (secondary N) is 1. The van der Waals surface area contributed by atoms with E-state index in [1.807, 2.05) is 24.3 Å². The molecule has 150 valence electrons. The van der Waals surface area contributed by atoms with Gasteiger partial charge in [0.15, 0.2) is 5.82 Å². The molecule has 1 N–H and O–H groups in total. The predicted molar refractivity (Wildman–Crippen MR) is 111 cm³/mol. The summed E-state index contributed by atoms with van der Waals surface area (Å²) in [5.41, 5.74) is 2.65. The lowest BCUT2D eigenvalue weighted by Crippen LogP contribution is -2.47. The van der Waals surface area contributed by atoms with Crippen LogP contribution in [0.3, 0.4) is 0 Å². The number of methoxy groups -OCH3 is 1. The van der Waals surface area contributed by atoms with Gasteiger partial charge >= 0.3 is 0 Å². The number of nitrogens with zero attached hydrogens (tertiary/aromatic N) is 4. The standard InChI is InChI=1S/C21H29N5O2/c1-4-25-10-12-26(13-11-25)20-18(21(27)22-9-14-28-3)15-23-19(24-20)17-7-5-16(2)6-8-17/h5-8,15H,4,9-14H2,1-3H3,(H,22,27). The van der Waals surface area contributed by atoms with Crippen LogP contribution in [0.5, 0.6) is 0 Å². The second-order valence-corrected chi connectivity index (χ2v) is 6.97. The zero-order valence-electron chi connectivity index (χ0n) is 16.9. The zero-order valence-corrected chi connectivity index (χ0v) is 16.9. The van der Waals surface area contributed by atoms with E-state index < -0.39 is 0 Å². The number of aryl methyl sites for hydroxylation is 1. The van der Waals surface area contributed by atoms with E-state index in [9.17, 15) is 4.79 Å². The maximum absolute atomic E-state index is 12.7. The number of ether oxygens (including phenoxy) is 1. The lowest BCUT2D eigenvalue weighted by atomic mass is 10.1. The van der Waals surface area contributed by atoms with Gasteiger partial charge in [-0.15, -0.1) is 0 Å². The van der Waals surface area contributed by atoms with Crippen molar-refractivity contribution in [3.05, 3.63) is 41.6 Å². The molecule has 2 heterocycles. The normalized spacial score (nSPS) is 14.9. The monoisotopic (exact) mass is 383 g/mol. The van der Waals surface area contributed by atoms with E-state index in [1.165, 1.54) is 5.56 Å². The maximum Gasteiger partial charge on any atom is 0.256 e. The maximum atomic E-state index is 12.7. The fourth-order valence-electron chi connectivity index (χ4n) is 3.25. The Balaban J connectivity index is 1.90. The van der Waals surface area contributed by atoms with Gasteiger partial charge in [-0.25, -0.2) is 9.97 Å². The summed E-state index contributed by atoms with van der Waals surface area (Å²) < 4.78 is 5.02. The molecule has 28 heavy (non-hydrogen) atoms. The zero-order chi connectivity index (χ0) is 19.9. The number of hydrogen-bond donors (Lipinski definition) is 1. The molecular weight excluding hydrogens is 354 g/mol. The van der Waals surface area contributed by atoms with E-state index in [4.69, 9.17) is 9.72 Å². The minimum Gasteiger partial charge on any atom is -0.383 e. The largest absolute Gasteiger partial charge is 0.383 e. The first-order valence-corrected chi connectivity index (χ1v) is 9.81. The van der Waals surface area contributed by atoms with Crippen LogP contribution >= 0.6 is 0 Å². The van der Waals surface area contributed by atoms with Crippen LogP contribution in [0.4, 0.5) is 5.82 Å². The van der Waals surface area contributed by atoms with Crippen molar-refractivity contribution in [2.75, 3.05) is 57.9 Å². The minimum absolute atomic E-state index is 0.166. The van der Waals surface area contributed by atoms with Crippen molar-refractivity contribution in [2.24, 2.45) is 0 Å². The first-order chi connectivity index (χ1) is 13.6. The van der Waals surface area contributed by atoms with Crippen molar-refractivity contribution in [1.29, 1.82) is 0 Å². The van der Waals surface area contributed by atoms with Crippen LogP contribution in [0, 0.1) is 6.92 Å². The van der Waals surface area contributed by atoms with Crippen molar-refractivity contribution in [1.82, 2.24) is 20.2 Å². The number of benzene rings is 1. The Hall–Kier alpha value is -2.51. The highest BCUT2D eigenvalue weighted by Crippen LogP contribution is 2.24. The third kappa shape index (κ3) is 4.85. The van der Waals surface area contributed by atoms with Gasteiger partial charge in [-0.05, 0) is 13.5 Å². The van der Waals surface area contributed by atoms with Gasteiger partial charge in [0, 0.05) is 51.6 Å². The summed E-state index contributed by atoms with van der Waals surface area (Å²) in [5.74, 6) is 1.18. The molecule has 1 fully saturated rings. The Morgan fingerprint density at radius 1 is 1.18 bits per heavy atom. The van der Waals surface area contributed by atoms with Gasteiger partial charge in [0.05, 0.1) is 6.61 Å². The second kappa shape index (κ2) is 9.61. The lowest BCUT2D eigenvalue weighted by molar-refractivity contribution is 0.0936. The van der Waals surface area contributed by atoms with Crippen LogP contribution in [0.2, 0.25) is 0 Å². The van der Waals surface area contributed by atoms with Gasteiger partial charge in [0.2, 0.25) is 0 Å². The number of piperazine rings is 1. The number of amides is 1. The third-order valence-corrected chi connectivity index (χ3v) is 5.03. The van der Waals surface area contributed by atoms with Crippen LogP contribution in [0.15, 0.2) is 30.5 Å². The fraction of sp³-hybridized carbons (Fsp3) is 0.476. The summed E-state index contributed by atoms with van der Waals surface area (Å²) in [6, 6.07) is 8.12. The van der Waals surface area contributed by atoms with Gasteiger partial charge in [-0.1, -0.05) is 36.8 Å². The molecule has 0 radical (unpaired) electrons. The molecular formula is C21H29N5O2. The molecule has 1 aliphatic rings. The van der Waals surface area contributed by atoms with E-state index >= 15 is 0 Å². The molecule has 2 aromatic rings.